The number of nitrogens with zero attached hydrogens (tertiary/aromatic N) is 3. The van der Waals surface area contributed by atoms with Crippen LogP contribution in [0.5, 0.6) is 0 Å². The topological polar surface area (TPSA) is 56.2 Å². The zero-order valence-corrected chi connectivity index (χ0v) is 9.46. The SMILES string of the molecule is Cc1ccc(N)c2nnc(-c3ccccc3)n12. The van der Waals surface area contributed by atoms with E-state index in [2.05, 4.69) is 10.2 Å². The molecule has 0 spiro atoms. The maximum absolute atomic E-state index is 5.89. The summed E-state index contributed by atoms with van der Waals surface area (Å²) in [7, 11) is 0. The van der Waals surface area contributed by atoms with Gasteiger partial charge in [0.05, 0.1) is 5.69 Å². The Kier molecular flexibility index (Phi) is 2.08. The number of nitrogen functional groups attached to an aromatic ring is 1. The Morgan fingerprint density at radius 1 is 1.00 bits per heavy atom. The molecule has 3 rings (SSSR count). The van der Waals surface area contributed by atoms with Crippen LogP contribution in [0.2, 0.25) is 0 Å². The minimum Gasteiger partial charge on any atom is -0.396 e. The minimum absolute atomic E-state index is 0.644. The molecule has 0 aliphatic carbocycles. The third-order valence-corrected chi connectivity index (χ3v) is 2.81. The first kappa shape index (κ1) is 9.84. The molecule has 0 saturated carbocycles. The summed E-state index contributed by atoms with van der Waals surface area (Å²) in [5.41, 5.74) is 9.35. The van der Waals surface area contributed by atoms with Gasteiger partial charge in [0.25, 0.3) is 0 Å². The smallest absolute Gasteiger partial charge is 0.184 e. The molecular formula is C13H12N4. The Labute approximate surface area is 98.7 Å². The largest absolute Gasteiger partial charge is 0.396 e. The van der Waals surface area contributed by atoms with Gasteiger partial charge in [0.15, 0.2) is 11.5 Å². The summed E-state index contributed by atoms with van der Waals surface area (Å²) in [6.07, 6.45) is 0. The highest BCUT2D eigenvalue weighted by atomic mass is 15.3. The van der Waals surface area contributed by atoms with E-state index in [-0.39, 0.29) is 0 Å². The van der Waals surface area contributed by atoms with Gasteiger partial charge >= 0.3 is 0 Å². The van der Waals surface area contributed by atoms with Crippen molar-refractivity contribution in [3.8, 4) is 11.4 Å². The van der Waals surface area contributed by atoms with Crippen LogP contribution in [-0.4, -0.2) is 14.6 Å². The molecular weight excluding hydrogens is 212 g/mol. The van der Waals surface area contributed by atoms with Crippen LogP contribution in [0.3, 0.4) is 0 Å². The highest BCUT2D eigenvalue weighted by Crippen LogP contribution is 2.22. The number of pyridine rings is 1. The van der Waals surface area contributed by atoms with Crippen molar-refractivity contribution in [2.24, 2.45) is 0 Å². The Balaban J connectivity index is 2.36. The lowest BCUT2D eigenvalue weighted by Gasteiger charge is -2.04. The van der Waals surface area contributed by atoms with E-state index in [1.54, 1.807) is 0 Å². The second-order valence-electron chi connectivity index (χ2n) is 3.98. The first-order valence-electron chi connectivity index (χ1n) is 5.43. The van der Waals surface area contributed by atoms with Gasteiger partial charge in [-0.25, -0.2) is 0 Å². The van der Waals surface area contributed by atoms with Crippen molar-refractivity contribution >= 4 is 11.3 Å². The van der Waals surface area contributed by atoms with Crippen LogP contribution < -0.4 is 5.73 Å². The molecule has 0 saturated heterocycles. The Hall–Kier alpha value is -2.36. The Morgan fingerprint density at radius 2 is 1.76 bits per heavy atom. The lowest BCUT2D eigenvalue weighted by atomic mass is 10.2. The highest BCUT2D eigenvalue weighted by Gasteiger charge is 2.11. The third-order valence-electron chi connectivity index (χ3n) is 2.81. The number of rotatable bonds is 1. The standard InChI is InChI=1S/C13H12N4/c1-9-7-8-11(14)13-16-15-12(17(9)13)10-5-3-2-4-6-10/h2-8H,14H2,1H3. The van der Waals surface area contributed by atoms with Gasteiger partial charge < -0.3 is 5.73 Å². The van der Waals surface area contributed by atoms with Crippen molar-refractivity contribution in [2.45, 2.75) is 6.92 Å². The summed E-state index contributed by atoms with van der Waals surface area (Å²) in [5, 5.41) is 8.36. The fourth-order valence-electron chi connectivity index (χ4n) is 1.94. The van der Waals surface area contributed by atoms with Gasteiger partial charge in [-0.15, -0.1) is 10.2 Å². The molecule has 0 aliphatic heterocycles. The summed E-state index contributed by atoms with van der Waals surface area (Å²) in [6, 6.07) is 13.8. The third kappa shape index (κ3) is 1.45. The molecule has 0 fully saturated rings. The number of hydrogen-bond donors (Lipinski definition) is 1. The molecule has 0 radical (unpaired) electrons. The van der Waals surface area contributed by atoms with Crippen molar-refractivity contribution in [3.05, 3.63) is 48.2 Å². The van der Waals surface area contributed by atoms with Crippen molar-refractivity contribution in [2.75, 3.05) is 5.73 Å². The number of fused-ring (bicyclic) bond motifs is 1. The van der Waals surface area contributed by atoms with Crippen LogP contribution in [0.1, 0.15) is 5.69 Å². The van der Waals surface area contributed by atoms with Gasteiger partial charge in [0.2, 0.25) is 0 Å². The van der Waals surface area contributed by atoms with E-state index >= 15 is 0 Å². The van der Waals surface area contributed by atoms with E-state index in [0.29, 0.717) is 11.3 Å². The predicted molar refractivity (Wildman–Crippen MR) is 67.6 cm³/mol. The second-order valence-corrected chi connectivity index (χ2v) is 3.98. The molecule has 2 aromatic heterocycles. The lowest BCUT2D eigenvalue weighted by Crippen LogP contribution is -1.97. The molecule has 2 N–H and O–H groups in total. The van der Waals surface area contributed by atoms with Crippen LogP contribution in [-0.2, 0) is 0 Å². The number of anilines is 1. The molecule has 0 amide bonds. The summed E-state index contributed by atoms with van der Waals surface area (Å²) >= 11 is 0. The molecule has 17 heavy (non-hydrogen) atoms. The quantitative estimate of drug-likeness (QED) is 0.690. The highest BCUT2D eigenvalue weighted by molar-refractivity contribution is 5.69. The van der Waals surface area contributed by atoms with E-state index < -0.39 is 0 Å². The van der Waals surface area contributed by atoms with E-state index in [4.69, 9.17) is 5.73 Å². The van der Waals surface area contributed by atoms with Crippen LogP contribution in [0.4, 0.5) is 5.69 Å². The average molecular weight is 224 g/mol. The minimum atomic E-state index is 0.644. The zero-order chi connectivity index (χ0) is 11.8. The lowest BCUT2D eigenvalue weighted by molar-refractivity contribution is 1.08. The van der Waals surface area contributed by atoms with E-state index in [9.17, 15) is 0 Å². The van der Waals surface area contributed by atoms with Gasteiger partial charge in [-0.3, -0.25) is 4.40 Å². The molecule has 0 atom stereocenters. The van der Waals surface area contributed by atoms with Gasteiger partial charge in [0.1, 0.15) is 0 Å². The van der Waals surface area contributed by atoms with Crippen molar-refractivity contribution in [1.82, 2.24) is 14.6 Å². The van der Waals surface area contributed by atoms with Crippen molar-refractivity contribution < 1.29 is 0 Å². The van der Waals surface area contributed by atoms with Crippen molar-refractivity contribution in [3.63, 3.8) is 0 Å². The van der Waals surface area contributed by atoms with Crippen LogP contribution in [0, 0.1) is 6.92 Å². The first-order chi connectivity index (χ1) is 8.27. The number of aryl methyl sites for hydroxylation is 1. The summed E-state index contributed by atoms with van der Waals surface area (Å²) < 4.78 is 1.98. The molecule has 0 bridgehead atoms. The zero-order valence-electron chi connectivity index (χ0n) is 9.46. The fourth-order valence-corrected chi connectivity index (χ4v) is 1.94. The Morgan fingerprint density at radius 3 is 2.53 bits per heavy atom. The van der Waals surface area contributed by atoms with Crippen LogP contribution >= 0.6 is 0 Å². The van der Waals surface area contributed by atoms with Gasteiger partial charge in [-0.1, -0.05) is 30.3 Å². The first-order valence-corrected chi connectivity index (χ1v) is 5.43. The van der Waals surface area contributed by atoms with E-state index in [0.717, 1.165) is 17.1 Å². The van der Waals surface area contributed by atoms with Gasteiger partial charge in [-0.05, 0) is 19.1 Å². The number of nitrogens with two attached hydrogens (primary N) is 1. The van der Waals surface area contributed by atoms with Crippen LogP contribution in [0.15, 0.2) is 42.5 Å². The summed E-state index contributed by atoms with van der Waals surface area (Å²) in [5.74, 6) is 0.824. The molecule has 84 valence electrons. The normalized spacial score (nSPS) is 10.9. The van der Waals surface area contributed by atoms with E-state index in [1.165, 1.54) is 0 Å². The maximum Gasteiger partial charge on any atom is 0.184 e. The Bertz CT molecular complexity index is 670. The van der Waals surface area contributed by atoms with Gasteiger partial charge in [-0.2, -0.15) is 0 Å². The average Bonchev–Trinajstić information content (AvgIpc) is 2.81. The predicted octanol–water partition coefficient (Wildman–Crippen LogP) is 2.29. The summed E-state index contributed by atoms with van der Waals surface area (Å²) in [6.45, 7) is 2.02. The van der Waals surface area contributed by atoms with E-state index in [1.807, 2.05) is 53.8 Å². The second kappa shape index (κ2) is 3.59. The molecule has 0 aliphatic rings. The monoisotopic (exact) mass is 224 g/mol. The van der Waals surface area contributed by atoms with Gasteiger partial charge in [0, 0.05) is 11.3 Å². The van der Waals surface area contributed by atoms with Crippen molar-refractivity contribution in [1.29, 1.82) is 0 Å². The maximum atomic E-state index is 5.89. The molecule has 4 nitrogen and oxygen atoms in total. The fraction of sp³-hybridized carbons (Fsp3) is 0.0769. The summed E-state index contributed by atoms with van der Waals surface area (Å²) in [4.78, 5) is 0. The molecule has 3 aromatic rings. The van der Waals surface area contributed by atoms with Crippen LogP contribution in [0.25, 0.3) is 17.0 Å². The molecule has 0 unspecified atom stereocenters. The molecule has 2 heterocycles. The molecule has 1 aromatic carbocycles. The molecule has 4 heteroatoms. The number of aromatic nitrogens is 3. The number of hydrogen-bond acceptors (Lipinski definition) is 3. The number of benzene rings is 1.